The molecule has 0 saturated heterocycles. The van der Waals surface area contributed by atoms with Gasteiger partial charge in [-0.05, 0) is 49.3 Å². The van der Waals surface area contributed by atoms with Gasteiger partial charge in [-0.2, -0.15) is 0 Å². The first kappa shape index (κ1) is 16.3. The Labute approximate surface area is 147 Å². The second kappa shape index (κ2) is 7.36. The summed E-state index contributed by atoms with van der Waals surface area (Å²) in [5.74, 6) is 0.772. The molecule has 4 nitrogen and oxygen atoms in total. The predicted molar refractivity (Wildman–Crippen MR) is 104 cm³/mol. The second-order valence-electron chi connectivity index (χ2n) is 5.61. The summed E-state index contributed by atoms with van der Waals surface area (Å²) in [5.41, 5.74) is 4.58. The van der Waals surface area contributed by atoms with Crippen molar-refractivity contribution in [3.8, 4) is 5.75 Å². The zero-order valence-corrected chi connectivity index (χ0v) is 14.7. The third-order valence-electron chi connectivity index (χ3n) is 4.04. The lowest BCUT2D eigenvalue weighted by Gasteiger charge is -2.13. The summed E-state index contributed by atoms with van der Waals surface area (Å²) < 4.78 is 5.32. The van der Waals surface area contributed by atoms with Crippen LogP contribution in [0.4, 0.5) is 5.69 Å². The molecule has 0 saturated carbocycles. The van der Waals surface area contributed by atoms with E-state index in [9.17, 15) is 0 Å². The van der Waals surface area contributed by atoms with Crippen molar-refractivity contribution in [3.05, 3.63) is 59.8 Å². The van der Waals surface area contributed by atoms with Crippen molar-refractivity contribution in [1.82, 2.24) is 10.3 Å². The number of aromatic amines is 1. The summed E-state index contributed by atoms with van der Waals surface area (Å²) in [4.78, 5) is 3.43. The van der Waals surface area contributed by atoms with Crippen LogP contribution in [-0.4, -0.2) is 23.8 Å². The van der Waals surface area contributed by atoms with Gasteiger partial charge in [-0.3, -0.25) is 0 Å². The van der Waals surface area contributed by atoms with E-state index in [1.54, 1.807) is 7.11 Å². The van der Waals surface area contributed by atoms with Gasteiger partial charge in [-0.1, -0.05) is 30.3 Å². The highest BCUT2D eigenvalue weighted by Gasteiger charge is 2.08. The Morgan fingerprint density at radius 3 is 2.71 bits per heavy atom. The van der Waals surface area contributed by atoms with Crippen molar-refractivity contribution in [2.75, 3.05) is 19.0 Å². The van der Waals surface area contributed by atoms with Crippen molar-refractivity contribution in [2.24, 2.45) is 0 Å². The normalized spacial score (nSPS) is 10.6. The minimum absolute atomic E-state index is 0.594. The Bertz CT molecular complexity index is 857. The second-order valence-corrected chi connectivity index (χ2v) is 6.01. The third kappa shape index (κ3) is 3.51. The zero-order valence-electron chi connectivity index (χ0n) is 13.8. The molecule has 0 amide bonds. The van der Waals surface area contributed by atoms with Gasteiger partial charge in [0.2, 0.25) is 0 Å². The zero-order chi connectivity index (χ0) is 16.9. The summed E-state index contributed by atoms with van der Waals surface area (Å²) in [5, 5.41) is 8.32. The number of anilines is 1. The maximum absolute atomic E-state index is 5.38. The molecule has 5 heteroatoms. The summed E-state index contributed by atoms with van der Waals surface area (Å²) in [6, 6.07) is 16.1. The van der Waals surface area contributed by atoms with Crippen LogP contribution in [0.1, 0.15) is 11.3 Å². The van der Waals surface area contributed by atoms with E-state index >= 15 is 0 Å². The van der Waals surface area contributed by atoms with Gasteiger partial charge in [-0.15, -0.1) is 0 Å². The molecule has 3 rings (SSSR count). The number of hydrogen-bond donors (Lipinski definition) is 3. The highest BCUT2D eigenvalue weighted by molar-refractivity contribution is 7.80. The van der Waals surface area contributed by atoms with E-state index in [2.05, 4.69) is 40.7 Å². The topological polar surface area (TPSA) is 49.1 Å². The molecule has 0 aliphatic heterocycles. The molecule has 24 heavy (non-hydrogen) atoms. The number of methoxy groups -OCH3 is 1. The number of benzene rings is 2. The number of fused-ring (bicyclic) bond motifs is 1. The van der Waals surface area contributed by atoms with Gasteiger partial charge >= 0.3 is 0 Å². The number of rotatable bonds is 5. The molecule has 3 N–H and O–H groups in total. The molecule has 1 heterocycles. The fourth-order valence-corrected chi connectivity index (χ4v) is 3.08. The van der Waals surface area contributed by atoms with Gasteiger partial charge in [0.05, 0.1) is 12.8 Å². The number of thiocarbonyl (C=S) groups is 1. The molecule has 1 aromatic heterocycles. The fourth-order valence-electron chi connectivity index (χ4n) is 2.87. The van der Waals surface area contributed by atoms with Crippen LogP contribution in [-0.2, 0) is 6.42 Å². The van der Waals surface area contributed by atoms with E-state index in [1.165, 1.54) is 22.2 Å². The molecule has 0 aliphatic rings. The van der Waals surface area contributed by atoms with E-state index in [4.69, 9.17) is 17.0 Å². The Hall–Kier alpha value is -2.53. The number of hydrogen-bond acceptors (Lipinski definition) is 2. The Morgan fingerprint density at radius 2 is 1.88 bits per heavy atom. The van der Waals surface area contributed by atoms with Crippen LogP contribution in [0.3, 0.4) is 0 Å². The van der Waals surface area contributed by atoms with Crippen LogP contribution in [0.5, 0.6) is 5.75 Å². The maximum Gasteiger partial charge on any atom is 0.170 e. The molecule has 3 aromatic rings. The molecular formula is C19H21N3OS. The molecular weight excluding hydrogens is 318 g/mol. The molecule has 0 atom stereocenters. The molecule has 0 spiro atoms. The molecule has 0 bridgehead atoms. The van der Waals surface area contributed by atoms with E-state index in [-0.39, 0.29) is 0 Å². The molecule has 0 unspecified atom stereocenters. The fraction of sp³-hybridized carbons (Fsp3) is 0.211. The smallest absolute Gasteiger partial charge is 0.170 e. The van der Waals surface area contributed by atoms with E-state index < -0.39 is 0 Å². The average molecular weight is 339 g/mol. The van der Waals surface area contributed by atoms with Gasteiger partial charge in [0, 0.05) is 23.1 Å². The Morgan fingerprint density at radius 1 is 1.12 bits per heavy atom. The van der Waals surface area contributed by atoms with E-state index in [1.807, 2.05) is 30.3 Å². The van der Waals surface area contributed by atoms with Gasteiger partial charge in [0.1, 0.15) is 5.75 Å². The molecule has 0 radical (unpaired) electrons. The average Bonchev–Trinajstić information content (AvgIpc) is 2.91. The number of aryl methyl sites for hydroxylation is 1. The lowest BCUT2D eigenvalue weighted by molar-refractivity contribution is 0.417. The van der Waals surface area contributed by atoms with Crippen molar-refractivity contribution in [3.63, 3.8) is 0 Å². The standard InChI is InChI=1S/C19H21N3OS/c1-13-14(15-7-3-4-8-16(15)21-13)11-12-20-19(24)22-17-9-5-6-10-18(17)23-2/h3-10,21H,11-12H2,1-2H3,(H2,20,22,24). The number of para-hydroxylation sites is 3. The summed E-state index contributed by atoms with van der Waals surface area (Å²) in [6.45, 7) is 2.88. The van der Waals surface area contributed by atoms with Gasteiger partial charge in [0.25, 0.3) is 0 Å². The highest BCUT2D eigenvalue weighted by Crippen LogP contribution is 2.23. The monoisotopic (exact) mass is 339 g/mol. The van der Waals surface area contributed by atoms with Crippen LogP contribution in [0, 0.1) is 6.92 Å². The van der Waals surface area contributed by atoms with Crippen LogP contribution < -0.4 is 15.4 Å². The number of nitrogens with one attached hydrogen (secondary N) is 3. The summed E-state index contributed by atoms with van der Waals surface area (Å²) >= 11 is 5.38. The maximum atomic E-state index is 5.38. The molecule has 124 valence electrons. The first-order chi connectivity index (χ1) is 11.7. The van der Waals surface area contributed by atoms with Gasteiger partial charge in [-0.25, -0.2) is 0 Å². The lowest BCUT2D eigenvalue weighted by Crippen LogP contribution is -2.30. The van der Waals surface area contributed by atoms with Gasteiger partial charge in [0.15, 0.2) is 5.11 Å². The number of H-pyrrole nitrogens is 1. The third-order valence-corrected chi connectivity index (χ3v) is 4.29. The number of aromatic nitrogens is 1. The van der Waals surface area contributed by atoms with E-state index in [0.29, 0.717) is 5.11 Å². The van der Waals surface area contributed by atoms with Crippen molar-refractivity contribution < 1.29 is 4.74 Å². The van der Waals surface area contributed by atoms with Crippen LogP contribution in [0.15, 0.2) is 48.5 Å². The van der Waals surface area contributed by atoms with Crippen LogP contribution >= 0.6 is 12.2 Å². The highest BCUT2D eigenvalue weighted by atomic mass is 32.1. The molecule has 2 aromatic carbocycles. The lowest BCUT2D eigenvalue weighted by atomic mass is 10.1. The minimum atomic E-state index is 0.594. The largest absolute Gasteiger partial charge is 0.495 e. The van der Waals surface area contributed by atoms with Crippen LogP contribution in [0.2, 0.25) is 0 Å². The number of ether oxygens (including phenoxy) is 1. The first-order valence-corrected chi connectivity index (χ1v) is 8.34. The van der Waals surface area contributed by atoms with E-state index in [0.717, 1.165) is 24.4 Å². The first-order valence-electron chi connectivity index (χ1n) is 7.93. The minimum Gasteiger partial charge on any atom is -0.495 e. The van der Waals surface area contributed by atoms with Crippen molar-refractivity contribution in [1.29, 1.82) is 0 Å². The van der Waals surface area contributed by atoms with Crippen molar-refractivity contribution >= 4 is 33.9 Å². The predicted octanol–water partition coefficient (Wildman–Crippen LogP) is 4.01. The quantitative estimate of drug-likeness (QED) is 0.615. The SMILES string of the molecule is COc1ccccc1NC(=S)NCCc1c(C)[nH]c2ccccc12. The van der Waals surface area contributed by atoms with Gasteiger partial charge < -0.3 is 20.4 Å². The summed E-state index contributed by atoms with van der Waals surface area (Å²) in [6.07, 6.45) is 0.906. The Balaban J connectivity index is 1.60. The van der Waals surface area contributed by atoms with Crippen molar-refractivity contribution in [2.45, 2.75) is 13.3 Å². The molecule has 0 aliphatic carbocycles. The molecule has 0 fully saturated rings. The van der Waals surface area contributed by atoms with Crippen LogP contribution in [0.25, 0.3) is 10.9 Å². The summed E-state index contributed by atoms with van der Waals surface area (Å²) in [7, 11) is 1.65. The Kier molecular flexibility index (Phi) is 5.01.